The number of rotatable bonds is 0. The summed E-state index contributed by atoms with van der Waals surface area (Å²) in [4.78, 5) is 11.9. The van der Waals surface area contributed by atoms with E-state index in [4.69, 9.17) is 7.49 Å². The summed E-state index contributed by atoms with van der Waals surface area (Å²) in [5, 5.41) is 3.41. The van der Waals surface area contributed by atoms with Crippen molar-refractivity contribution < 1.29 is 4.79 Å². The van der Waals surface area contributed by atoms with Crippen LogP contribution in [0, 0.1) is 17.8 Å². The molecule has 3 aliphatic rings. The van der Waals surface area contributed by atoms with Crippen molar-refractivity contribution >= 4 is 18.7 Å². The van der Waals surface area contributed by atoms with Gasteiger partial charge in [0.05, 0.1) is 0 Å². The Kier molecular flexibility index (Phi) is 1.91. The maximum atomic E-state index is 11.9. The molecule has 0 amide bonds. The molecule has 0 bridgehead atoms. The molecule has 1 N–H and O–H groups in total. The number of ketones is 1. The van der Waals surface area contributed by atoms with Crippen LogP contribution in [0.15, 0.2) is 0 Å². The molecule has 4 atom stereocenters. The monoisotopic (exact) mass is 188 g/mol. The molecule has 2 aliphatic carbocycles. The van der Waals surface area contributed by atoms with Gasteiger partial charge in [-0.15, -0.1) is 0 Å². The maximum absolute atomic E-state index is 11.9. The molecule has 0 aromatic carbocycles. The van der Waals surface area contributed by atoms with Gasteiger partial charge in [0.25, 0.3) is 0 Å². The molecule has 0 aromatic rings. The van der Waals surface area contributed by atoms with Crippen LogP contribution in [0.1, 0.15) is 25.7 Å². The Hall–Kier alpha value is -0.435. The molecule has 3 rings (SSSR count). The fraction of sp³-hybridized carbons (Fsp3) is 0.818. The fourth-order valence-electron chi connectivity index (χ4n) is 3.71. The van der Waals surface area contributed by atoms with Gasteiger partial charge in [-0.25, -0.2) is 0 Å². The van der Waals surface area contributed by atoms with E-state index in [0.717, 1.165) is 18.9 Å². The second-order valence-corrected chi connectivity index (χ2v) is 4.91. The van der Waals surface area contributed by atoms with Crippen LogP contribution in [0.25, 0.3) is 0 Å². The third kappa shape index (κ3) is 1.02. The molecule has 3 fully saturated rings. The van der Waals surface area contributed by atoms with Gasteiger partial charge in [-0.1, -0.05) is 0 Å². The average Bonchev–Trinajstić information content (AvgIpc) is 2.47. The van der Waals surface area contributed by atoms with Crippen LogP contribution in [-0.4, -0.2) is 31.3 Å². The minimum absolute atomic E-state index is 0.214. The zero-order valence-corrected chi connectivity index (χ0v) is 8.33. The molecule has 1 saturated heterocycles. The number of carbonyl (C=O) groups is 1. The van der Waals surface area contributed by atoms with Crippen molar-refractivity contribution in [3.8, 4) is 0 Å². The van der Waals surface area contributed by atoms with Crippen molar-refractivity contribution in [2.45, 2.75) is 31.7 Å². The van der Waals surface area contributed by atoms with Crippen molar-refractivity contribution in [1.82, 2.24) is 5.32 Å². The van der Waals surface area contributed by atoms with Gasteiger partial charge >= 0.3 is 84.9 Å². The molecule has 1 radical (unpaired) electrons. The molecule has 1 heterocycles. The molecular formula is C11H15BNO. The number of nitrogens with one attached hydrogen (secondary N) is 1. The number of Topliss-reactive ketones (excluding diaryl/α,β-unsaturated/α-hetero) is 1. The standard InChI is InChI=1S/C11H15BNO/c12-9-10-8-6(4-5-13-10)2-1-3-7(8)11(9)14/h6-8,10,13H,1-5H2. The first-order chi connectivity index (χ1) is 6.79. The number of hydrogen-bond donors (Lipinski definition) is 1. The van der Waals surface area contributed by atoms with Crippen LogP contribution >= 0.6 is 0 Å². The normalized spacial score (nSPS) is 46.5. The van der Waals surface area contributed by atoms with Crippen molar-refractivity contribution in [2.24, 2.45) is 17.8 Å². The van der Waals surface area contributed by atoms with Crippen molar-refractivity contribution in [3.05, 3.63) is 0 Å². The van der Waals surface area contributed by atoms with E-state index in [-0.39, 0.29) is 17.7 Å². The van der Waals surface area contributed by atoms with Crippen molar-refractivity contribution in [2.75, 3.05) is 6.54 Å². The Bertz CT molecular complexity index is 274. The van der Waals surface area contributed by atoms with Gasteiger partial charge < -0.3 is 0 Å². The van der Waals surface area contributed by atoms with Gasteiger partial charge in [-0.3, -0.25) is 0 Å². The van der Waals surface area contributed by atoms with E-state index in [1.807, 2.05) is 0 Å². The molecule has 14 heavy (non-hydrogen) atoms. The van der Waals surface area contributed by atoms with E-state index >= 15 is 0 Å². The summed E-state index contributed by atoms with van der Waals surface area (Å²) in [6.45, 7) is 1.03. The van der Waals surface area contributed by atoms with Crippen LogP contribution in [0.5, 0.6) is 0 Å². The average molecular weight is 188 g/mol. The van der Waals surface area contributed by atoms with Gasteiger partial charge in [0.2, 0.25) is 0 Å². The predicted octanol–water partition coefficient (Wildman–Crippen LogP) is 0.304. The van der Waals surface area contributed by atoms with Gasteiger partial charge in [0.15, 0.2) is 0 Å². The molecular weight excluding hydrogens is 173 g/mol. The summed E-state index contributed by atoms with van der Waals surface area (Å²) >= 11 is 0. The van der Waals surface area contributed by atoms with Crippen LogP contribution in [-0.2, 0) is 4.79 Å². The molecule has 2 saturated carbocycles. The Balaban J connectivity index is 1.98. The Morgan fingerprint density at radius 2 is 2.14 bits per heavy atom. The van der Waals surface area contributed by atoms with E-state index in [0.29, 0.717) is 11.4 Å². The van der Waals surface area contributed by atoms with Crippen LogP contribution in [0.3, 0.4) is 0 Å². The fourth-order valence-corrected chi connectivity index (χ4v) is 3.71. The molecule has 1 aliphatic heterocycles. The summed E-state index contributed by atoms with van der Waals surface area (Å²) in [6, 6.07) is 0.214. The SMILES string of the molecule is [B]=C1C(=O)C2CCCC3CCNC1C32. The minimum atomic E-state index is 0.214. The second-order valence-electron chi connectivity index (χ2n) is 4.91. The molecule has 4 unspecified atom stereocenters. The van der Waals surface area contributed by atoms with Crippen molar-refractivity contribution in [3.63, 3.8) is 0 Å². The summed E-state index contributed by atoms with van der Waals surface area (Å²) in [5.74, 6) is 1.79. The van der Waals surface area contributed by atoms with E-state index in [2.05, 4.69) is 5.32 Å². The van der Waals surface area contributed by atoms with E-state index in [1.165, 1.54) is 19.3 Å². The van der Waals surface area contributed by atoms with Gasteiger partial charge in [0, 0.05) is 0 Å². The van der Waals surface area contributed by atoms with E-state index < -0.39 is 0 Å². The van der Waals surface area contributed by atoms with Gasteiger partial charge in [0.1, 0.15) is 0 Å². The number of piperidine rings is 1. The quantitative estimate of drug-likeness (QED) is 0.554. The zero-order chi connectivity index (χ0) is 9.71. The van der Waals surface area contributed by atoms with Crippen LogP contribution in [0.4, 0.5) is 0 Å². The summed E-state index contributed by atoms with van der Waals surface area (Å²) < 4.78 is 0. The third-order valence-electron chi connectivity index (χ3n) is 4.32. The van der Waals surface area contributed by atoms with Crippen molar-refractivity contribution in [1.29, 1.82) is 0 Å². The second kappa shape index (κ2) is 3.03. The first-order valence-corrected chi connectivity index (χ1v) is 5.69. The van der Waals surface area contributed by atoms with Crippen LogP contribution in [0.2, 0.25) is 0 Å². The molecule has 3 heteroatoms. The van der Waals surface area contributed by atoms with E-state index in [1.54, 1.807) is 0 Å². The summed E-state index contributed by atoms with van der Waals surface area (Å²) in [6.07, 6.45) is 4.83. The molecule has 0 aromatic heterocycles. The Morgan fingerprint density at radius 3 is 3.00 bits per heavy atom. The third-order valence-corrected chi connectivity index (χ3v) is 4.32. The van der Waals surface area contributed by atoms with E-state index in [9.17, 15) is 4.79 Å². The topological polar surface area (TPSA) is 29.1 Å². The van der Waals surface area contributed by atoms with Gasteiger partial charge in [-0.2, -0.15) is 0 Å². The van der Waals surface area contributed by atoms with Crippen LogP contribution < -0.4 is 5.32 Å². The molecule has 73 valence electrons. The first-order valence-electron chi connectivity index (χ1n) is 5.69. The Labute approximate surface area is 85.5 Å². The first kappa shape index (κ1) is 8.84. The number of carbonyl (C=O) groups excluding carboxylic acids is 1. The Morgan fingerprint density at radius 1 is 1.29 bits per heavy atom. The zero-order valence-electron chi connectivity index (χ0n) is 8.33. The predicted molar refractivity (Wildman–Crippen MR) is 56.5 cm³/mol. The molecule has 0 spiro atoms. The summed E-state index contributed by atoms with van der Waals surface area (Å²) in [7, 11) is 5.89. The van der Waals surface area contributed by atoms with Gasteiger partial charge in [-0.05, 0) is 0 Å². The summed E-state index contributed by atoms with van der Waals surface area (Å²) in [5.41, 5.74) is 0.617. The number of hydrogen-bond acceptors (Lipinski definition) is 2. The molecule has 2 nitrogen and oxygen atoms in total.